The molecule has 58 valence electrons. The predicted molar refractivity (Wildman–Crippen MR) is 52.7 cm³/mol. The van der Waals surface area contributed by atoms with E-state index in [0.717, 1.165) is 5.75 Å². The first-order valence-corrected chi connectivity index (χ1v) is 4.83. The fraction of sp³-hybridized carbons (Fsp3) is 0.111. The lowest BCUT2D eigenvalue weighted by molar-refractivity contribution is 1.42. The van der Waals surface area contributed by atoms with Gasteiger partial charge in [0, 0.05) is 11.3 Å². The molecule has 0 spiro atoms. The van der Waals surface area contributed by atoms with E-state index in [0.29, 0.717) is 0 Å². The Bertz CT molecular complexity index is 218. The lowest BCUT2D eigenvalue weighted by atomic mass is 10.2. The lowest BCUT2D eigenvalue weighted by Gasteiger charge is -1.94. The van der Waals surface area contributed by atoms with Gasteiger partial charge in [0.1, 0.15) is 0 Å². The van der Waals surface area contributed by atoms with E-state index >= 15 is 0 Å². The van der Waals surface area contributed by atoms with Gasteiger partial charge in [0.25, 0.3) is 0 Å². The summed E-state index contributed by atoms with van der Waals surface area (Å²) in [5, 5.41) is 1.88. The first-order chi connectivity index (χ1) is 5.43. The largest absolute Gasteiger partial charge is 0.128 e. The summed E-state index contributed by atoms with van der Waals surface area (Å²) in [5.41, 5.74) is 2.86. The number of hydrogen-bond acceptors (Lipinski definition) is 1. The molecule has 0 aliphatic rings. The highest BCUT2D eigenvalue weighted by molar-refractivity contribution is 8.01. The molecular weight excluding hydrogens is 176 g/mol. The molecule has 1 rings (SSSR count). The van der Waals surface area contributed by atoms with Gasteiger partial charge in [0.2, 0.25) is 0 Å². The molecule has 0 unspecified atom stereocenters. The van der Waals surface area contributed by atoms with Gasteiger partial charge in [-0.25, -0.2) is 0 Å². The number of rotatable bonds is 3. The molecule has 0 bridgehead atoms. The van der Waals surface area contributed by atoms with Crippen molar-refractivity contribution in [2.75, 3.05) is 0 Å². The van der Waals surface area contributed by atoms with Gasteiger partial charge >= 0.3 is 0 Å². The third kappa shape index (κ3) is 3.49. The minimum Gasteiger partial charge on any atom is -0.128 e. The molecule has 0 atom stereocenters. The maximum absolute atomic E-state index is 5.37. The fourth-order valence-electron chi connectivity index (χ4n) is 0.755. The first-order valence-electron chi connectivity index (χ1n) is 3.34. The van der Waals surface area contributed by atoms with Crippen molar-refractivity contribution in [3.63, 3.8) is 0 Å². The molecule has 2 heteroatoms. The van der Waals surface area contributed by atoms with Crippen molar-refractivity contribution in [3.8, 4) is 0 Å². The van der Waals surface area contributed by atoms with Crippen molar-refractivity contribution in [3.05, 3.63) is 46.8 Å². The van der Waals surface area contributed by atoms with Crippen LogP contribution in [0.3, 0.4) is 0 Å². The molecule has 0 fully saturated rings. The van der Waals surface area contributed by atoms with Crippen molar-refractivity contribution < 1.29 is 0 Å². The zero-order valence-electron chi connectivity index (χ0n) is 6.03. The van der Waals surface area contributed by atoms with E-state index in [1.165, 1.54) is 11.1 Å². The van der Waals surface area contributed by atoms with E-state index in [9.17, 15) is 0 Å². The quantitative estimate of drug-likeness (QED) is 0.692. The van der Waals surface area contributed by atoms with Gasteiger partial charge in [-0.2, -0.15) is 0 Å². The van der Waals surface area contributed by atoms with Crippen molar-refractivity contribution in [2.45, 2.75) is 5.75 Å². The molecule has 0 heterocycles. The summed E-state index contributed by atoms with van der Waals surface area (Å²) in [5.74, 6) is 0.990. The van der Waals surface area contributed by atoms with Crippen LogP contribution in [0.1, 0.15) is 5.56 Å². The molecule has 0 aliphatic heterocycles. The smallest absolute Gasteiger partial charge is 0.0226 e. The fourth-order valence-corrected chi connectivity index (χ4v) is 1.53. The first kappa shape index (κ1) is 8.69. The molecule has 0 saturated carbocycles. The molecule has 0 nitrogen and oxygen atoms in total. The summed E-state index contributed by atoms with van der Waals surface area (Å²) in [4.78, 5) is 0. The predicted octanol–water partition coefficient (Wildman–Crippen LogP) is 3.63. The van der Waals surface area contributed by atoms with E-state index in [1.807, 2.05) is 23.6 Å². The number of halogens is 1. The number of thioether (sulfide) groups is 1. The maximum Gasteiger partial charge on any atom is 0.0226 e. The van der Waals surface area contributed by atoms with Gasteiger partial charge in [-0.1, -0.05) is 41.9 Å². The summed E-state index contributed by atoms with van der Waals surface area (Å²) in [7, 11) is 0. The molecule has 0 saturated heterocycles. The van der Waals surface area contributed by atoms with Crippen LogP contribution in [0.25, 0.3) is 0 Å². The average molecular weight is 185 g/mol. The SMILES string of the molecule is ClC=CSCc1ccccc1. The summed E-state index contributed by atoms with van der Waals surface area (Å²) in [6, 6.07) is 10.3. The summed E-state index contributed by atoms with van der Waals surface area (Å²) >= 11 is 7.06. The number of hydrogen-bond donors (Lipinski definition) is 0. The van der Waals surface area contributed by atoms with Gasteiger partial charge in [0.15, 0.2) is 0 Å². The highest BCUT2D eigenvalue weighted by Crippen LogP contribution is 2.12. The van der Waals surface area contributed by atoms with E-state index < -0.39 is 0 Å². The van der Waals surface area contributed by atoms with Crippen molar-refractivity contribution in [1.29, 1.82) is 0 Å². The summed E-state index contributed by atoms with van der Waals surface area (Å²) in [6.45, 7) is 0. The Hall–Kier alpha value is -0.400. The molecule has 11 heavy (non-hydrogen) atoms. The topological polar surface area (TPSA) is 0 Å². The second kappa shape index (κ2) is 5.28. The molecule has 1 aromatic rings. The van der Waals surface area contributed by atoms with Crippen molar-refractivity contribution in [1.82, 2.24) is 0 Å². The maximum atomic E-state index is 5.37. The minimum absolute atomic E-state index is 0.990. The zero-order valence-corrected chi connectivity index (χ0v) is 7.61. The van der Waals surface area contributed by atoms with Crippen LogP contribution in [-0.2, 0) is 5.75 Å². The average Bonchev–Trinajstić information content (AvgIpc) is 2.07. The van der Waals surface area contributed by atoms with Gasteiger partial charge in [-0.3, -0.25) is 0 Å². The van der Waals surface area contributed by atoms with Crippen LogP contribution in [0.15, 0.2) is 41.3 Å². The van der Waals surface area contributed by atoms with Crippen LogP contribution in [0.4, 0.5) is 0 Å². The molecule has 0 radical (unpaired) electrons. The van der Waals surface area contributed by atoms with E-state index in [4.69, 9.17) is 11.6 Å². The van der Waals surface area contributed by atoms with Gasteiger partial charge in [0.05, 0.1) is 0 Å². The summed E-state index contributed by atoms with van der Waals surface area (Å²) in [6.07, 6.45) is 0. The van der Waals surface area contributed by atoms with Crippen LogP contribution >= 0.6 is 23.4 Å². The van der Waals surface area contributed by atoms with Crippen LogP contribution in [-0.4, -0.2) is 0 Å². The Balaban J connectivity index is 2.39. The van der Waals surface area contributed by atoms with Crippen LogP contribution in [0.5, 0.6) is 0 Å². The normalized spacial score (nSPS) is 10.6. The van der Waals surface area contributed by atoms with E-state index in [-0.39, 0.29) is 0 Å². The third-order valence-electron chi connectivity index (χ3n) is 1.24. The van der Waals surface area contributed by atoms with Gasteiger partial charge in [-0.15, -0.1) is 11.8 Å². The molecule has 0 N–H and O–H groups in total. The van der Waals surface area contributed by atoms with E-state index in [1.54, 1.807) is 11.8 Å². The standard InChI is InChI=1S/C9H9ClS/c10-6-7-11-8-9-4-2-1-3-5-9/h1-7H,8H2. The van der Waals surface area contributed by atoms with Crippen LogP contribution in [0, 0.1) is 0 Å². The second-order valence-electron chi connectivity index (χ2n) is 2.06. The monoisotopic (exact) mass is 184 g/mol. The zero-order chi connectivity index (χ0) is 7.94. The third-order valence-corrected chi connectivity index (χ3v) is 2.34. The van der Waals surface area contributed by atoms with Gasteiger partial charge < -0.3 is 0 Å². The number of benzene rings is 1. The highest BCUT2D eigenvalue weighted by Gasteiger charge is 1.86. The van der Waals surface area contributed by atoms with Crippen molar-refractivity contribution >= 4 is 23.4 Å². The molecule has 0 aliphatic carbocycles. The second-order valence-corrected chi connectivity index (χ2v) is 3.20. The summed E-state index contributed by atoms with van der Waals surface area (Å²) < 4.78 is 0. The molecule has 0 aromatic heterocycles. The van der Waals surface area contributed by atoms with Gasteiger partial charge in [-0.05, 0) is 11.0 Å². The molecular formula is C9H9ClS. The van der Waals surface area contributed by atoms with Crippen LogP contribution in [0.2, 0.25) is 0 Å². The Kier molecular flexibility index (Phi) is 4.17. The Labute approximate surface area is 76.3 Å². The Morgan fingerprint density at radius 1 is 1.27 bits per heavy atom. The Morgan fingerprint density at radius 3 is 2.64 bits per heavy atom. The lowest BCUT2D eigenvalue weighted by Crippen LogP contribution is -1.74. The Morgan fingerprint density at radius 2 is 2.00 bits per heavy atom. The molecule has 0 amide bonds. The van der Waals surface area contributed by atoms with Crippen LogP contribution < -0.4 is 0 Å². The van der Waals surface area contributed by atoms with E-state index in [2.05, 4.69) is 12.1 Å². The highest BCUT2D eigenvalue weighted by atomic mass is 35.5. The van der Waals surface area contributed by atoms with Crippen molar-refractivity contribution in [2.24, 2.45) is 0 Å². The minimum atomic E-state index is 0.990. The molecule has 1 aromatic carbocycles.